The normalized spacial score (nSPS) is 7.40. The first kappa shape index (κ1) is 4.43. The highest BCUT2D eigenvalue weighted by Gasteiger charge is 1.81. The molecule has 0 fully saturated rings. The minimum absolute atomic E-state index is 0.278. The summed E-state index contributed by atoms with van der Waals surface area (Å²) in [7, 11) is 0. The second-order valence-corrected chi connectivity index (χ2v) is 0.598. The smallest absolute Gasteiger partial charge is 0.317 e. The number of hydrogen-bond donors (Lipinski definition) is 2. The molecule has 0 heterocycles. The van der Waals surface area contributed by atoms with Gasteiger partial charge in [-0.25, -0.2) is 0 Å². The zero-order chi connectivity index (χ0) is 4.28. The Morgan fingerprint density at radius 3 is 2.20 bits per heavy atom. The lowest BCUT2D eigenvalue weighted by molar-refractivity contribution is -0.135. The van der Waals surface area contributed by atoms with E-state index in [-0.39, 0.29) is 6.54 Å². The van der Waals surface area contributed by atoms with Gasteiger partial charge >= 0.3 is 5.97 Å². The van der Waals surface area contributed by atoms with Crippen LogP contribution in [-0.4, -0.2) is 17.6 Å². The monoisotopic (exact) mass is 76.0 g/mol. The second kappa shape index (κ2) is 1.72. The van der Waals surface area contributed by atoms with Gasteiger partial charge in [-0.2, -0.15) is 0 Å². The van der Waals surface area contributed by atoms with Gasteiger partial charge in [0.05, 0.1) is 6.54 Å². The van der Waals surface area contributed by atoms with Gasteiger partial charge in [0, 0.05) is 0 Å². The quantitative estimate of drug-likeness (QED) is 0.395. The standard InChI is InChI=1S/C2H5NO2/c3-1-2(4)5/h1,3H2,(H,4,5)/i1+1,2+0. The van der Waals surface area contributed by atoms with Crippen LogP contribution in [-0.2, 0) is 4.79 Å². The van der Waals surface area contributed by atoms with E-state index in [0.29, 0.717) is 0 Å². The maximum atomic E-state index is 9.24. The Kier molecular flexibility index (Phi) is 1.53. The molecular formula is C2H5NO2. The van der Waals surface area contributed by atoms with Crippen LogP contribution < -0.4 is 5.73 Å². The van der Waals surface area contributed by atoms with Crippen molar-refractivity contribution in [3.05, 3.63) is 0 Å². The average Bonchev–Trinajstić information content (AvgIpc) is 1.38. The van der Waals surface area contributed by atoms with Crippen LogP contribution in [0.4, 0.5) is 0 Å². The number of nitrogens with two attached hydrogens (primary N) is 1. The van der Waals surface area contributed by atoms with Crippen LogP contribution in [0.25, 0.3) is 0 Å². The summed E-state index contributed by atoms with van der Waals surface area (Å²) < 4.78 is 0. The van der Waals surface area contributed by atoms with Crippen LogP contribution in [0.5, 0.6) is 0 Å². The molecule has 0 aromatic carbocycles. The third-order valence-corrected chi connectivity index (χ3v) is 0.175. The average molecular weight is 76.0 g/mol. The lowest BCUT2D eigenvalue weighted by Crippen LogP contribution is -2.10. The van der Waals surface area contributed by atoms with E-state index in [9.17, 15) is 4.79 Å². The summed E-state index contributed by atoms with van der Waals surface area (Å²) in [6, 6.07) is 0. The van der Waals surface area contributed by atoms with Gasteiger partial charge in [-0.15, -0.1) is 0 Å². The fraction of sp³-hybridized carbons (Fsp3) is 0.500. The van der Waals surface area contributed by atoms with E-state index >= 15 is 0 Å². The van der Waals surface area contributed by atoms with Crippen molar-refractivity contribution in [3.8, 4) is 0 Å². The van der Waals surface area contributed by atoms with Crippen LogP contribution >= 0.6 is 0 Å². The number of hydrogen-bond acceptors (Lipinski definition) is 2. The molecule has 0 atom stereocenters. The molecule has 0 saturated carbocycles. The molecule has 0 spiro atoms. The van der Waals surface area contributed by atoms with Gasteiger partial charge in [0.2, 0.25) is 0 Å². The Labute approximate surface area is 29.4 Å². The lowest BCUT2D eigenvalue weighted by Gasteiger charge is -1.73. The molecule has 0 aromatic rings. The van der Waals surface area contributed by atoms with E-state index in [1.807, 2.05) is 0 Å². The molecule has 3 N–H and O–H groups in total. The summed E-state index contributed by atoms with van der Waals surface area (Å²) in [5.41, 5.74) is 4.57. The van der Waals surface area contributed by atoms with Gasteiger partial charge in [0.15, 0.2) is 0 Å². The second-order valence-electron chi connectivity index (χ2n) is 0.598. The van der Waals surface area contributed by atoms with E-state index in [0.717, 1.165) is 0 Å². The minimum atomic E-state index is -0.968. The van der Waals surface area contributed by atoms with Crippen LogP contribution in [0.15, 0.2) is 0 Å². The number of aliphatic carboxylic acids is 1. The molecule has 0 saturated heterocycles. The molecule has 0 aromatic heterocycles. The van der Waals surface area contributed by atoms with Crippen LogP contribution in [0, 0.1) is 0 Å². The lowest BCUT2D eigenvalue weighted by atomic mass is 11.1. The molecule has 3 heteroatoms. The predicted molar refractivity (Wildman–Crippen MR) is 16.7 cm³/mol. The molecule has 0 radical (unpaired) electrons. The fourth-order valence-electron chi connectivity index (χ4n) is 0. The van der Waals surface area contributed by atoms with Gasteiger partial charge in [-0.05, 0) is 0 Å². The number of rotatable bonds is 1. The van der Waals surface area contributed by atoms with E-state index in [1.54, 1.807) is 0 Å². The zero-order valence-electron chi connectivity index (χ0n) is 2.64. The number of carboxylic acids is 1. The summed E-state index contributed by atoms with van der Waals surface area (Å²) in [5.74, 6) is -0.968. The maximum Gasteiger partial charge on any atom is 0.317 e. The van der Waals surface area contributed by atoms with E-state index < -0.39 is 5.97 Å². The van der Waals surface area contributed by atoms with E-state index in [2.05, 4.69) is 5.73 Å². The van der Waals surface area contributed by atoms with Crippen LogP contribution in [0.1, 0.15) is 0 Å². The minimum Gasteiger partial charge on any atom is -0.480 e. The highest BCUT2D eigenvalue weighted by atomic mass is 16.4. The largest absolute Gasteiger partial charge is 0.480 e. The highest BCUT2D eigenvalue weighted by Crippen LogP contribution is 1.43. The van der Waals surface area contributed by atoms with Gasteiger partial charge in [-0.3, -0.25) is 4.79 Å². The Morgan fingerprint density at radius 2 is 2.20 bits per heavy atom. The van der Waals surface area contributed by atoms with Crippen LogP contribution in [0.3, 0.4) is 0 Å². The van der Waals surface area contributed by atoms with Gasteiger partial charge in [0.1, 0.15) is 0 Å². The first-order valence-corrected chi connectivity index (χ1v) is 1.19. The molecule has 0 bridgehead atoms. The zero-order valence-corrected chi connectivity index (χ0v) is 2.64. The summed E-state index contributed by atoms with van der Waals surface area (Å²) in [6.45, 7) is -0.278. The molecule has 0 amide bonds. The van der Waals surface area contributed by atoms with Crippen molar-refractivity contribution in [1.82, 2.24) is 0 Å². The first-order valence-electron chi connectivity index (χ1n) is 1.19. The summed E-state index contributed by atoms with van der Waals surface area (Å²) in [6.07, 6.45) is 0. The van der Waals surface area contributed by atoms with Crippen molar-refractivity contribution in [3.63, 3.8) is 0 Å². The maximum absolute atomic E-state index is 9.24. The Morgan fingerprint density at radius 1 is 2.00 bits per heavy atom. The molecule has 0 aliphatic carbocycles. The van der Waals surface area contributed by atoms with Crippen molar-refractivity contribution in [2.45, 2.75) is 0 Å². The summed E-state index contributed by atoms with van der Waals surface area (Å²) in [5, 5.41) is 7.60. The van der Waals surface area contributed by atoms with Crippen molar-refractivity contribution in [2.24, 2.45) is 5.73 Å². The number of carbonyl (C=O) groups is 1. The Balaban J connectivity index is 2.85. The molecule has 0 aliphatic rings. The summed E-state index contributed by atoms with van der Waals surface area (Å²) >= 11 is 0. The SMILES string of the molecule is N[13CH2][12C](=O)O. The van der Waals surface area contributed by atoms with Crippen molar-refractivity contribution in [1.29, 1.82) is 0 Å². The van der Waals surface area contributed by atoms with Crippen molar-refractivity contribution < 1.29 is 9.90 Å². The van der Waals surface area contributed by atoms with Crippen LogP contribution in [0.2, 0.25) is 0 Å². The highest BCUT2D eigenvalue weighted by molar-refractivity contribution is 5.68. The predicted octanol–water partition coefficient (Wildman–Crippen LogP) is -0.970. The Hall–Kier alpha value is -0.570. The topological polar surface area (TPSA) is 63.3 Å². The molecule has 0 rings (SSSR count). The molecule has 5 heavy (non-hydrogen) atoms. The van der Waals surface area contributed by atoms with Gasteiger partial charge < -0.3 is 10.8 Å². The molecule has 0 unspecified atom stereocenters. The van der Waals surface area contributed by atoms with Gasteiger partial charge in [-0.1, -0.05) is 0 Å². The first-order chi connectivity index (χ1) is 2.27. The van der Waals surface area contributed by atoms with Crippen molar-refractivity contribution in [2.75, 3.05) is 6.54 Å². The third kappa shape index (κ3) is 3.43. The van der Waals surface area contributed by atoms with Gasteiger partial charge in [0.25, 0.3) is 0 Å². The van der Waals surface area contributed by atoms with E-state index in [1.165, 1.54) is 0 Å². The van der Waals surface area contributed by atoms with E-state index in [4.69, 9.17) is 5.11 Å². The molecule has 0 aliphatic heterocycles. The molecule has 3 nitrogen and oxygen atoms in total. The summed E-state index contributed by atoms with van der Waals surface area (Å²) in [4.78, 5) is 9.24. The molecular weight excluding hydrogens is 71.0 g/mol. The fourth-order valence-corrected chi connectivity index (χ4v) is 0. The number of carboxylic acid groups (broad SMARTS) is 1. The third-order valence-electron chi connectivity index (χ3n) is 0.175. The Bertz CT molecular complexity index is 42.9. The van der Waals surface area contributed by atoms with Crippen molar-refractivity contribution >= 4 is 5.97 Å². The molecule has 30 valence electrons.